The minimum absolute atomic E-state index is 0.965. The lowest BCUT2D eigenvalue weighted by Crippen LogP contribution is -2.28. The molecule has 0 aromatic rings. The molecule has 2 saturated carbocycles. The molecule has 2 fully saturated rings. The van der Waals surface area contributed by atoms with Gasteiger partial charge < -0.3 is 4.55 Å². The predicted molar refractivity (Wildman–Crippen MR) is 120 cm³/mol. The molecule has 0 aromatic heterocycles. The van der Waals surface area contributed by atoms with Crippen LogP contribution >= 0.6 is 11.8 Å². The van der Waals surface area contributed by atoms with Crippen LogP contribution in [0.1, 0.15) is 84.0 Å². The second-order valence-corrected chi connectivity index (χ2v) is 12.7. The maximum Gasteiger partial charge on any atom is 0.485 e. The molecule has 3 aliphatic rings. The Balaban J connectivity index is 0.000000343. The Morgan fingerprint density at radius 2 is 1.57 bits per heavy atom. The van der Waals surface area contributed by atoms with Crippen LogP contribution in [-0.4, -0.2) is 34.2 Å². The summed E-state index contributed by atoms with van der Waals surface area (Å²) in [5.41, 5.74) is -5.65. The van der Waals surface area contributed by atoms with Crippen LogP contribution in [0, 0.1) is 23.7 Å². The molecule has 0 aromatic carbocycles. The lowest BCUT2D eigenvalue weighted by molar-refractivity contribution is -0.0517. The van der Waals surface area contributed by atoms with Gasteiger partial charge in [-0.15, -0.1) is 0 Å². The van der Waals surface area contributed by atoms with Crippen molar-refractivity contribution in [1.29, 1.82) is 0 Å². The molecule has 0 bridgehead atoms. The van der Waals surface area contributed by atoms with Crippen LogP contribution in [0.5, 0.6) is 0 Å². The van der Waals surface area contributed by atoms with Crippen molar-refractivity contribution in [3.63, 3.8) is 0 Å². The Hall–Kier alpha value is 0.140. The van der Waals surface area contributed by atoms with E-state index in [2.05, 4.69) is 30.0 Å². The van der Waals surface area contributed by atoms with Crippen molar-refractivity contribution in [1.82, 2.24) is 0 Å². The minimum Gasteiger partial charge on any atom is -0.741 e. The topological polar surface area (TPSA) is 57.2 Å². The fourth-order valence-electron chi connectivity index (χ4n) is 4.95. The standard InChI is InChI=1S/C20H35S2.CHF3O3S/c1-2-3-5-16-6-8-17(9-7-16)18-10-12-19(13-11-18)20-21-14-4-15-22-20;2-1(3,4)8(5,6)7/h16-19H,2-15H2,1H3;(H,5,6,7)/q+1;/p-1. The van der Waals surface area contributed by atoms with Crippen LogP contribution in [0.2, 0.25) is 0 Å². The second-order valence-electron chi connectivity index (χ2n) is 8.80. The molecule has 0 spiro atoms. The highest BCUT2D eigenvalue weighted by Crippen LogP contribution is 2.43. The van der Waals surface area contributed by atoms with Crippen LogP contribution in [-0.2, 0) is 21.5 Å². The summed E-state index contributed by atoms with van der Waals surface area (Å²) in [7, 11) is -6.09. The lowest BCUT2D eigenvalue weighted by Gasteiger charge is -2.37. The highest BCUT2D eigenvalue weighted by molar-refractivity contribution is 8.23. The molecular formula is C21H35F3O3S3. The smallest absolute Gasteiger partial charge is 0.485 e. The van der Waals surface area contributed by atoms with Gasteiger partial charge in [0.2, 0.25) is 4.20 Å². The molecule has 3 rings (SSSR count). The van der Waals surface area contributed by atoms with E-state index in [1.54, 1.807) is 38.5 Å². The van der Waals surface area contributed by atoms with E-state index in [9.17, 15) is 13.2 Å². The third-order valence-corrected chi connectivity index (χ3v) is 10.2. The van der Waals surface area contributed by atoms with Gasteiger partial charge in [-0.2, -0.15) is 13.2 Å². The van der Waals surface area contributed by atoms with E-state index in [0.29, 0.717) is 0 Å². The van der Waals surface area contributed by atoms with Gasteiger partial charge in [0.1, 0.15) is 0 Å². The molecule has 0 saturated heterocycles. The minimum atomic E-state index is -6.09. The van der Waals surface area contributed by atoms with Crippen LogP contribution in [0.25, 0.3) is 0 Å². The molecule has 1 aliphatic heterocycles. The fraction of sp³-hybridized carbons (Fsp3) is 0.952. The van der Waals surface area contributed by atoms with E-state index in [1.165, 1.54) is 50.0 Å². The molecule has 0 atom stereocenters. The van der Waals surface area contributed by atoms with Gasteiger partial charge in [0, 0.05) is 18.1 Å². The SMILES string of the molecule is CCCCC1CCC(C2CCC(C3=[S+]CCCS3)CC2)CC1.O=S(=O)([O-])C(F)(F)F. The van der Waals surface area contributed by atoms with E-state index >= 15 is 0 Å². The quantitative estimate of drug-likeness (QED) is 0.200. The molecule has 30 heavy (non-hydrogen) atoms. The molecule has 0 unspecified atom stereocenters. The third kappa shape index (κ3) is 8.58. The summed E-state index contributed by atoms with van der Waals surface area (Å²) < 4.78 is 60.7. The van der Waals surface area contributed by atoms with Crippen LogP contribution in [0.15, 0.2) is 0 Å². The van der Waals surface area contributed by atoms with E-state index in [4.69, 9.17) is 13.0 Å². The van der Waals surface area contributed by atoms with Crippen molar-refractivity contribution < 1.29 is 26.1 Å². The predicted octanol–water partition coefficient (Wildman–Crippen LogP) is 6.19. The number of rotatable bonds is 5. The molecule has 1 heterocycles. The van der Waals surface area contributed by atoms with E-state index < -0.39 is 15.6 Å². The first-order valence-electron chi connectivity index (χ1n) is 11.3. The lowest BCUT2D eigenvalue weighted by atomic mass is 9.69. The summed E-state index contributed by atoms with van der Waals surface area (Å²) in [6.45, 7) is 2.34. The van der Waals surface area contributed by atoms with Gasteiger partial charge in [-0.1, -0.05) is 50.8 Å². The fourth-order valence-corrected chi connectivity index (χ4v) is 7.89. The zero-order valence-electron chi connectivity index (χ0n) is 17.8. The van der Waals surface area contributed by atoms with Gasteiger partial charge in [0.15, 0.2) is 27.2 Å². The number of halogens is 3. The number of hydrogen-bond donors (Lipinski definition) is 0. The van der Waals surface area contributed by atoms with Crippen molar-refractivity contribution in [3.05, 3.63) is 0 Å². The van der Waals surface area contributed by atoms with Crippen molar-refractivity contribution >= 4 is 37.4 Å². The second kappa shape index (κ2) is 12.4. The van der Waals surface area contributed by atoms with Gasteiger partial charge in [0.05, 0.1) is 0 Å². The van der Waals surface area contributed by atoms with Gasteiger partial charge >= 0.3 is 5.51 Å². The van der Waals surface area contributed by atoms with Crippen LogP contribution < -0.4 is 0 Å². The first-order valence-corrected chi connectivity index (χ1v) is 14.6. The van der Waals surface area contributed by atoms with E-state index in [0.717, 1.165) is 23.7 Å². The van der Waals surface area contributed by atoms with Crippen molar-refractivity contribution in [3.8, 4) is 0 Å². The van der Waals surface area contributed by atoms with Gasteiger partial charge in [-0.05, 0) is 56.3 Å². The number of hydrogen-bond acceptors (Lipinski definition) is 4. The summed E-state index contributed by atoms with van der Waals surface area (Å²) in [6.07, 6.45) is 18.1. The maximum absolute atomic E-state index is 10.7. The zero-order valence-corrected chi connectivity index (χ0v) is 20.2. The largest absolute Gasteiger partial charge is 0.741 e. The molecule has 2 aliphatic carbocycles. The Morgan fingerprint density at radius 3 is 2.00 bits per heavy atom. The van der Waals surface area contributed by atoms with E-state index in [-0.39, 0.29) is 0 Å². The Morgan fingerprint density at radius 1 is 1.03 bits per heavy atom. The maximum atomic E-state index is 10.7. The molecular weight excluding hydrogens is 453 g/mol. The molecule has 9 heteroatoms. The van der Waals surface area contributed by atoms with Crippen molar-refractivity contribution in [2.24, 2.45) is 23.7 Å². The van der Waals surface area contributed by atoms with Crippen molar-refractivity contribution in [2.75, 3.05) is 11.5 Å². The monoisotopic (exact) mass is 488 g/mol. The third-order valence-electron chi connectivity index (χ3n) is 6.69. The Bertz CT molecular complexity index is 634. The van der Waals surface area contributed by atoms with Crippen LogP contribution in [0.3, 0.4) is 0 Å². The highest BCUT2D eigenvalue weighted by Gasteiger charge is 2.37. The van der Waals surface area contributed by atoms with Gasteiger partial charge in [-0.25, -0.2) is 8.42 Å². The summed E-state index contributed by atoms with van der Waals surface area (Å²) in [4.78, 5) is 0. The normalized spacial score (nSPS) is 30.8. The summed E-state index contributed by atoms with van der Waals surface area (Å²) in [6, 6.07) is 0. The summed E-state index contributed by atoms with van der Waals surface area (Å²) in [5, 5.41) is 0. The van der Waals surface area contributed by atoms with E-state index in [1.807, 2.05) is 4.20 Å². The first kappa shape index (κ1) is 26.4. The van der Waals surface area contributed by atoms with Crippen molar-refractivity contribution in [2.45, 2.75) is 89.5 Å². The van der Waals surface area contributed by atoms with Gasteiger partial charge in [0.25, 0.3) is 0 Å². The average Bonchev–Trinajstić information content (AvgIpc) is 2.72. The molecule has 0 radical (unpaired) electrons. The average molecular weight is 489 g/mol. The number of unbranched alkanes of at least 4 members (excludes halogenated alkanes) is 1. The van der Waals surface area contributed by atoms with Crippen LogP contribution in [0.4, 0.5) is 13.2 Å². The summed E-state index contributed by atoms with van der Waals surface area (Å²) in [5.74, 6) is 7.01. The zero-order chi connectivity index (χ0) is 22.2. The number of thioether (sulfide) groups is 1. The molecule has 176 valence electrons. The summed E-state index contributed by atoms with van der Waals surface area (Å²) >= 11 is 4.39. The Labute approximate surface area is 188 Å². The molecule has 3 nitrogen and oxygen atoms in total. The molecule has 0 N–H and O–H groups in total. The number of alkyl halides is 3. The van der Waals surface area contributed by atoms with Gasteiger partial charge in [-0.3, -0.25) is 0 Å². The first-order chi connectivity index (χ1) is 14.1. The molecule has 0 amide bonds. The Kier molecular flexibility index (Phi) is 10.9. The highest BCUT2D eigenvalue weighted by atomic mass is 32.2.